The Morgan fingerprint density at radius 3 is 2.32 bits per heavy atom. The molecule has 1 aliphatic heterocycles. The minimum absolute atomic E-state index is 0.111. The maximum atomic E-state index is 13.0. The summed E-state index contributed by atoms with van der Waals surface area (Å²) in [7, 11) is 0. The van der Waals surface area contributed by atoms with E-state index in [2.05, 4.69) is 0 Å². The normalized spacial score (nSPS) is 16.6. The number of piperidine rings is 1. The molecule has 1 amide bonds. The Balaban J connectivity index is 1.85. The number of hydrogen-bond acceptors (Lipinski definition) is 3. The molecule has 0 unspecified atom stereocenters. The number of halogens is 3. The average Bonchev–Trinajstić information content (AvgIpc) is 2.51. The van der Waals surface area contributed by atoms with E-state index >= 15 is 0 Å². The summed E-state index contributed by atoms with van der Waals surface area (Å²) >= 11 is 0. The SMILES string of the molecule is CC(C)(C)OC(=O)N1CCC(COc2ccccc2C(F)(F)F)CC1. The summed E-state index contributed by atoms with van der Waals surface area (Å²) < 4.78 is 49.6. The van der Waals surface area contributed by atoms with E-state index in [1.807, 2.05) is 20.8 Å². The highest BCUT2D eigenvalue weighted by molar-refractivity contribution is 5.68. The van der Waals surface area contributed by atoms with Gasteiger partial charge in [0, 0.05) is 13.1 Å². The highest BCUT2D eigenvalue weighted by atomic mass is 19.4. The molecule has 0 N–H and O–H groups in total. The van der Waals surface area contributed by atoms with Gasteiger partial charge < -0.3 is 14.4 Å². The first-order valence-corrected chi connectivity index (χ1v) is 8.33. The highest BCUT2D eigenvalue weighted by Crippen LogP contribution is 2.36. The minimum atomic E-state index is -4.43. The number of rotatable bonds is 3. The lowest BCUT2D eigenvalue weighted by atomic mass is 9.98. The van der Waals surface area contributed by atoms with Gasteiger partial charge in [0.25, 0.3) is 0 Å². The number of carbonyl (C=O) groups is 1. The van der Waals surface area contributed by atoms with Crippen molar-refractivity contribution in [3.63, 3.8) is 0 Å². The molecule has 7 heteroatoms. The van der Waals surface area contributed by atoms with Gasteiger partial charge >= 0.3 is 12.3 Å². The monoisotopic (exact) mass is 359 g/mol. The van der Waals surface area contributed by atoms with E-state index in [9.17, 15) is 18.0 Å². The molecule has 1 fully saturated rings. The van der Waals surface area contributed by atoms with Crippen molar-refractivity contribution in [2.45, 2.75) is 45.4 Å². The summed E-state index contributed by atoms with van der Waals surface area (Å²) in [5.74, 6) is -0.0375. The second-order valence-corrected chi connectivity index (χ2v) is 7.22. The van der Waals surface area contributed by atoms with Crippen molar-refractivity contribution < 1.29 is 27.4 Å². The zero-order valence-electron chi connectivity index (χ0n) is 14.7. The van der Waals surface area contributed by atoms with Crippen LogP contribution in [0.1, 0.15) is 39.2 Å². The van der Waals surface area contributed by atoms with E-state index in [1.165, 1.54) is 18.2 Å². The van der Waals surface area contributed by atoms with Crippen molar-refractivity contribution >= 4 is 6.09 Å². The fraction of sp³-hybridized carbons (Fsp3) is 0.611. The summed E-state index contributed by atoms with van der Waals surface area (Å²) in [6, 6.07) is 5.21. The molecule has 0 saturated carbocycles. The number of ether oxygens (including phenoxy) is 2. The molecule has 1 aromatic carbocycles. The van der Waals surface area contributed by atoms with E-state index in [0.29, 0.717) is 25.9 Å². The summed E-state index contributed by atoms with van der Waals surface area (Å²) in [5.41, 5.74) is -1.31. The molecule has 0 atom stereocenters. The minimum Gasteiger partial charge on any atom is -0.493 e. The number of benzene rings is 1. The van der Waals surface area contributed by atoms with Crippen LogP contribution in [0.15, 0.2) is 24.3 Å². The van der Waals surface area contributed by atoms with Crippen LogP contribution < -0.4 is 4.74 Å². The van der Waals surface area contributed by atoms with Crippen LogP contribution >= 0.6 is 0 Å². The molecule has 0 bridgehead atoms. The first kappa shape index (κ1) is 19.4. The third-order valence-electron chi connectivity index (χ3n) is 3.93. The molecule has 1 saturated heterocycles. The lowest BCUT2D eigenvalue weighted by Gasteiger charge is -2.33. The number of para-hydroxylation sites is 1. The predicted octanol–water partition coefficient (Wildman–Crippen LogP) is 4.73. The van der Waals surface area contributed by atoms with Gasteiger partial charge in [-0.3, -0.25) is 0 Å². The molecule has 1 heterocycles. The van der Waals surface area contributed by atoms with E-state index in [-0.39, 0.29) is 24.4 Å². The summed E-state index contributed by atoms with van der Waals surface area (Å²) in [4.78, 5) is 13.6. The first-order valence-electron chi connectivity index (χ1n) is 8.33. The smallest absolute Gasteiger partial charge is 0.419 e. The molecule has 25 heavy (non-hydrogen) atoms. The van der Waals surface area contributed by atoms with Gasteiger partial charge in [-0.15, -0.1) is 0 Å². The van der Waals surface area contributed by atoms with E-state index in [4.69, 9.17) is 9.47 Å². The molecule has 2 rings (SSSR count). The van der Waals surface area contributed by atoms with E-state index in [1.54, 1.807) is 4.90 Å². The maximum Gasteiger partial charge on any atom is 0.419 e. The van der Waals surface area contributed by atoms with Crippen LogP contribution in [-0.2, 0) is 10.9 Å². The van der Waals surface area contributed by atoms with Gasteiger partial charge in [0.15, 0.2) is 0 Å². The fourth-order valence-corrected chi connectivity index (χ4v) is 2.64. The maximum absolute atomic E-state index is 13.0. The Labute approximate surface area is 145 Å². The zero-order chi connectivity index (χ0) is 18.7. The van der Waals surface area contributed by atoms with Crippen molar-refractivity contribution in [1.82, 2.24) is 4.90 Å². The fourth-order valence-electron chi connectivity index (χ4n) is 2.64. The quantitative estimate of drug-likeness (QED) is 0.783. The Morgan fingerprint density at radius 1 is 1.16 bits per heavy atom. The van der Waals surface area contributed by atoms with Gasteiger partial charge in [0.1, 0.15) is 11.4 Å². The van der Waals surface area contributed by atoms with Crippen LogP contribution in [0.5, 0.6) is 5.75 Å². The average molecular weight is 359 g/mol. The molecule has 0 radical (unpaired) electrons. The number of alkyl halides is 3. The largest absolute Gasteiger partial charge is 0.493 e. The Kier molecular flexibility index (Phi) is 5.85. The predicted molar refractivity (Wildman–Crippen MR) is 87.5 cm³/mol. The van der Waals surface area contributed by atoms with Crippen LogP contribution in [0.25, 0.3) is 0 Å². The van der Waals surface area contributed by atoms with Crippen molar-refractivity contribution in [1.29, 1.82) is 0 Å². The second kappa shape index (κ2) is 7.54. The molecule has 140 valence electrons. The summed E-state index contributed by atoms with van der Waals surface area (Å²) in [6.07, 6.45) is -3.44. The molecular formula is C18H24F3NO3. The molecule has 1 aliphatic rings. The molecule has 0 aromatic heterocycles. The van der Waals surface area contributed by atoms with Crippen molar-refractivity contribution in [3.05, 3.63) is 29.8 Å². The van der Waals surface area contributed by atoms with Gasteiger partial charge in [0.05, 0.1) is 12.2 Å². The second-order valence-electron chi connectivity index (χ2n) is 7.22. The molecule has 0 spiro atoms. The number of likely N-dealkylation sites (tertiary alicyclic amines) is 1. The van der Waals surface area contributed by atoms with Gasteiger partial charge in [-0.05, 0) is 51.7 Å². The molecule has 4 nitrogen and oxygen atoms in total. The van der Waals surface area contributed by atoms with Crippen LogP contribution in [-0.4, -0.2) is 36.3 Å². The first-order chi connectivity index (χ1) is 11.6. The van der Waals surface area contributed by atoms with Crippen molar-refractivity contribution in [3.8, 4) is 5.75 Å². The molecule has 0 aliphatic carbocycles. The Hall–Kier alpha value is -1.92. The topological polar surface area (TPSA) is 38.8 Å². The van der Waals surface area contributed by atoms with Crippen LogP contribution in [0.4, 0.5) is 18.0 Å². The Bertz CT molecular complexity index is 588. The van der Waals surface area contributed by atoms with Crippen molar-refractivity contribution in [2.24, 2.45) is 5.92 Å². The van der Waals surface area contributed by atoms with Gasteiger partial charge in [0.2, 0.25) is 0 Å². The van der Waals surface area contributed by atoms with Gasteiger partial charge in [-0.25, -0.2) is 4.79 Å². The molecular weight excluding hydrogens is 335 g/mol. The number of hydrogen-bond donors (Lipinski definition) is 0. The van der Waals surface area contributed by atoms with Crippen LogP contribution in [0.3, 0.4) is 0 Å². The van der Waals surface area contributed by atoms with Crippen LogP contribution in [0.2, 0.25) is 0 Å². The molecule has 1 aromatic rings. The third-order valence-corrected chi connectivity index (χ3v) is 3.93. The van der Waals surface area contributed by atoms with Gasteiger partial charge in [-0.1, -0.05) is 12.1 Å². The lowest BCUT2D eigenvalue weighted by Crippen LogP contribution is -2.42. The lowest BCUT2D eigenvalue weighted by molar-refractivity contribution is -0.139. The third kappa shape index (κ3) is 5.83. The number of carbonyl (C=O) groups excluding carboxylic acids is 1. The number of nitrogens with zero attached hydrogens (tertiary/aromatic N) is 1. The van der Waals surface area contributed by atoms with E-state index < -0.39 is 17.3 Å². The van der Waals surface area contributed by atoms with Crippen molar-refractivity contribution in [2.75, 3.05) is 19.7 Å². The Morgan fingerprint density at radius 2 is 1.76 bits per heavy atom. The highest BCUT2D eigenvalue weighted by Gasteiger charge is 2.34. The van der Waals surface area contributed by atoms with E-state index in [0.717, 1.165) is 6.07 Å². The summed E-state index contributed by atoms with van der Waals surface area (Å²) in [5, 5.41) is 0. The zero-order valence-corrected chi connectivity index (χ0v) is 14.7. The standard InChI is InChI=1S/C18H24F3NO3/c1-17(2,3)25-16(23)22-10-8-13(9-11-22)12-24-15-7-5-4-6-14(15)18(19,20)21/h4-7,13H,8-12H2,1-3H3. The van der Waals surface area contributed by atoms with Crippen LogP contribution in [0, 0.1) is 5.92 Å². The summed E-state index contributed by atoms with van der Waals surface area (Å²) in [6.45, 7) is 6.67. The van der Waals surface area contributed by atoms with Gasteiger partial charge in [-0.2, -0.15) is 13.2 Å². The number of amides is 1.